The molecule has 0 saturated heterocycles. The fraction of sp³-hybridized carbons (Fsp3) is 0.118. The van der Waals surface area contributed by atoms with E-state index in [0.29, 0.717) is 16.6 Å². The van der Waals surface area contributed by atoms with Crippen LogP contribution in [0.15, 0.2) is 63.8 Å². The van der Waals surface area contributed by atoms with E-state index in [-0.39, 0.29) is 17.2 Å². The van der Waals surface area contributed by atoms with Crippen molar-refractivity contribution in [2.24, 2.45) is 10.3 Å². The highest BCUT2D eigenvalue weighted by molar-refractivity contribution is 6.46. The van der Waals surface area contributed by atoms with E-state index in [2.05, 4.69) is 25.2 Å². The Labute approximate surface area is 147 Å². The summed E-state index contributed by atoms with van der Waals surface area (Å²) in [5.41, 5.74) is -0.961. The molecule has 0 radical (unpaired) electrons. The minimum atomic E-state index is -2.00. The monoisotopic (exact) mass is 350 g/mol. The minimum absolute atomic E-state index is 0.0990. The van der Waals surface area contributed by atoms with Gasteiger partial charge in [0.15, 0.2) is 5.71 Å². The number of aliphatic hydroxyl groups is 1. The molecule has 3 N–H and O–H groups in total. The van der Waals surface area contributed by atoms with Crippen LogP contribution in [-0.4, -0.2) is 36.7 Å². The van der Waals surface area contributed by atoms with Gasteiger partial charge in [0.25, 0.3) is 5.56 Å². The molecule has 9 heteroatoms. The Hall–Kier alpha value is -3.59. The van der Waals surface area contributed by atoms with Crippen LogP contribution in [0.3, 0.4) is 0 Å². The molecule has 9 nitrogen and oxygen atoms in total. The Bertz CT molecular complexity index is 1110. The predicted octanol–water partition coefficient (Wildman–Crippen LogP) is 1.19. The number of nitrogens with zero attached hydrogens (tertiary/aromatic N) is 5. The molecule has 3 aromatic rings. The highest BCUT2D eigenvalue weighted by Gasteiger charge is 2.50. The maximum absolute atomic E-state index is 12.6. The van der Waals surface area contributed by atoms with Crippen molar-refractivity contribution in [2.45, 2.75) is 12.6 Å². The lowest BCUT2D eigenvalue weighted by molar-refractivity contribution is 0.108. The highest BCUT2D eigenvalue weighted by atomic mass is 16.4. The molecule has 1 unspecified atom stereocenters. The summed E-state index contributed by atoms with van der Waals surface area (Å²) in [4.78, 5) is 23.6. The first-order valence-electron chi connectivity index (χ1n) is 7.76. The number of para-hydroxylation sites is 2. The number of nitrogens with one attached hydrogen (secondary N) is 1. The summed E-state index contributed by atoms with van der Waals surface area (Å²) in [5, 5.41) is 29.3. The Morgan fingerprint density at radius 2 is 1.92 bits per heavy atom. The van der Waals surface area contributed by atoms with Crippen molar-refractivity contribution >= 4 is 28.3 Å². The molecule has 0 saturated carbocycles. The number of fused-ring (bicyclic) bond motifs is 1. The van der Waals surface area contributed by atoms with Crippen LogP contribution in [0.5, 0.6) is 0 Å². The molecular weight excluding hydrogens is 336 g/mol. The van der Waals surface area contributed by atoms with Gasteiger partial charge in [-0.1, -0.05) is 17.3 Å². The number of hydrazone groups is 1. The number of rotatable bonds is 2. The zero-order valence-corrected chi connectivity index (χ0v) is 13.7. The van der Waals surface area contributed by atoms with Gasteiger partial charge in [0.05, 0.1) is 16.7 Å². The lowest BCUT2D eigenvalue weighted by atomic mass is 9.96. The van der Waals surface area contributed by atoms with Crippen LogP contribution in [0.2, 0.25) is 0 Å². The molecule has 4 rings (SSSR count). The first-order chi connectivity index (χ1) is 12.6. The molecule has 0 fully saturated rings. The van der Waals surface area contributed by atoms with Gasteiger partial charge in [0, 0.05) is 18.0 Å². The van der Waals surface area contributed by atoms with E-state index < -0.39 is 11.3 Å². The zero-order chi connectivity index (χ0) is 18.3. The summed E-state index contributed by atoms with van der Waals surface area (Å²) in [6, 6.07) is 10.1. The molecule has 26 heavy (non-hydrogen) atoms. The van der Waals surface area contributed by atoms with Gasteiger partial charge in [-0.2, -0.15) is 5.10 Å². The molecule has 0 amide bonds. The maximum Gasteiger partial charge on any atom is 0.293 e. The molecule has 1 atom stereocenters. The third-order valence-corrected chi connectivity index (χ3v) is 4.19. The molecule has 1 aromatic carbocycles. The third-order valence-electron chi connectivity index (χ3n) is 4.19. The Balaban J connectivity index is 1.98. The summed E-state index contributed by atoms with van der Waals surface area (Å²) in [5.74, 6) is -0.124. The topological polar surface area (TPSA) is 127 Å². The fourth-order valence-corrected chi connectivity index (χ4v) is 2.97. The first-order valence-corrected chi connectivity index (χ1v) is 7.76. The number of H-pyrrole nitrogens is 1. The molecule has 0 spiro atoms. The molecule has 0 bridgehead atoms. The third kappa shape index (κ3) is 2.18. The van der Waals surface area contributed by atoms with E-state index >= 15 is 0 Å². The largest absolute Gasteiger partial charge is 0.410 e. The van der Waals surface area contributed by atoms with E-state index in [1.54, 1.807) is 43.3 Å². The van der Waals surface area contributed by atoms with Crippen LogP contribution in [0.1, 0.15) is 12.5 Å². The molecule has 3 heterocycles. The molecule has 1 aliphatic heterocycles. The SMILES string of the molecule is CC1=NN(c2nc3ccccc3[nH]c2=O)C(O)(c2ccncc2)C1=NO. The van der Waals surface area contributed by atoms with Gasteiger partial charge in [-0.15, -0.1) is 0 Å². The predicted molar refractivity (Wildman–Crippen MR) is 95.3 cm³/mol. The van der Waals surface area contributed by atoms with Crippen molar-refractivity contribution in [2.75, 3.05) is 5.01 Å². The molecule has 1 aliphatic rings. The zero-order valence-electron chi connectivity index (χ0n) is 13.7. The van der Waals surface area contributed by atoms with Gasteiger partial charge in [0.2, 0.25) is 11.5 Å². The normalized spacial score (nSPS) is 21.4. The lowest BCUT2D eigenvalue weighted by Gasteiger charge is -2.31. The average Bonchev–Trinajstić information content (AvgIpc) is 2.92. The van der Waals surface area contributed by atoms with Crippen molar-refractivity contribution in [3.8, 4) is 0 Å². The van der Waals surface area contributed by atoms with Crippen molar-refractivity contribution in [1.82, 2.24) is 15.0 Å². The van der Waals surface area contributed by atoms with E-state index in [1.807, 2.05) is 0 Å². The smallest absolute Gasteiger partial charge is 0.293 e. The molecule has 2 aromatic heterocycles. The van der Waals surface area contributed by atoms with Gasteiger partial charge < -0.3 is 15.3 Å². The van der Waals surface area contributed by atoms with Crippen molar-refractivity contribution < 1.29 is 10.3 Å². The van der Waals surface area contributed by atoms with Gasteiger partial charge in [0.1, 0.15) is 0 Å². The Morgan fingerprint density at radius 3 is 2.65 bits per heavy atom. The molecular formula is C17H14N6O3. The second kappa shape index (κ2) is 5.74. The second-order valence-corrected chi connectivity index (χ2v) is 5.76. The van der Waals surface area contributed by atoms with Crippen LogP contribution in [-0.2, 0) is 5.72 Å². The standard InChI is InChI=1S/C17H14N6O3/c1-10-14(22-26)17(25,11-6-8-18-9-7-11)23(21-10)15-16(24)20-13-5-3-2-4-12(13)19-15/h2-9,25-26H,1H3,(H,20,24). The van der Waals surface area contributed by atoms with Gasteiger partial charge in [-0.3, -0.25) is 9.78 Å². The number of benzene rings is 1. The summed E-state index contributed by atoms with van der Waals surface area (Å²) < 4.78 is 0. The summed E-state index contributed by atoms with van der Waals surface area (Å²) in [6.45, 7) is 1.57. The van der Waals surface area contributed by atoms with Crippen LogP contribution in [0.4, 0.5) is 5.82 Å². The number of aromatic nitrogens is 3. The van der Waals surface area contributed by atoms with Crippen molar-refractivity contribution in [1.29, 1.82) is 0 Å². The quantitative estimate of drug-likeness (QED) is 0.471. The lowest BCUT2D eigenvalue weighted by Crippen LogP contribution is -2.48. The first kappa shape index (κ1) is 15.9. The van der Waals surface area contributed by atoms with Crippen molar-refractivity contribution in [3.63, 3.8) is 0 Å². The van der Waals surface area contributed by atoms with Crippen LogP contribution in [0.25, 0.3) is 11.0 Å². The Morgan fingerprint density at radius 1 is 1.19 bits per heavy atom. The number of aromatic amines is 1. The fourth-order valence-electron chi connectivity index (χ4n) is 2.97. The second-order valence-electron chi connectivity index (χ2n) is 5.76. The minimum Gasteiger partial charge on any atom is -0.410 e. The summed E-state index contributed by atoms with van der Waals surface area (Å²) in [6.07, 6.45) is 2.96. The summed E-state index contributed by atoms with van der Waals surface area (Å²) >= 11 is 0. The van der Waals surface area contributed by atoms with Crippen LogP contribution in [0, 0.1) is 0 Å². The number of anilines is 1. The van der Waals surface area contributed by atoms with Crippen LogP contribution < -0.4 is 10.6 Å². The maximum atomic E-state index is 12.6. The van der Waals surface area contributed by atoms with Crippen LogP contribution >= 0.6 is 0 Å². The van der Waals surface area contributed by atoms with Crippen molar-refractivity contribution in [3.05, 3.63) is 64.7 Å². The Kier molecular flexibility index (Phi) is 3.51. The number of hydrogen-bond acceptors (Lipinski definition) is 8. The number of pyridine rings is 1. The highest BCUT2D eigenvalue weighted by Crippen LogP contribution is 2.35. The van der Waals surface area contributed by atoms with E-state index in [1.165, 1.54) is 12.4 Å². The van der Waals surface area contributed by atoms with Gasteiger partial charge in [-0.25, -0.2) is 9.99 Å². The van der Waals surface area contributed by atoms with Gasteiger partial charge in [-0.05, 0) is 31.2 Å². The van der Waals surface area contributed by atoms with E-state index in [9.17, 15) is 15.1 Å². The van der Waals surface area contributed by atoms with E-state index in [4.69, 9.17) is 0 Å². The molecule has 0 aliphatic carbocycles. The molecule has 130 valence electrons. The number of oxime groups is 1. The average molecular weight is 350 g/mol. The number of hydrogen-bond donors (Lipinski definition) is 3. The van der Waals surface area contributed by atoms with E-state index in [0.717, 1.165) is 5.01 Å². The summed E-state index contributed by atoms with van der Waals surface area (Å²) in [7, 11) is 0. The van der Waals surface area contributed by atoms with Gasteiger partial charge >= 0.3 is 0 Å².